The van der Waals surface area contributed by atoms with Gasteiger partial charge >= 0.3 is 0 Å². The summed E-state index contributed by atoms with van der Waals surface area (Å²) < 4.78 is 7.36. The molecule has 124 valence electrons. The molecule has 2 aromatic rings. The first kappa shape index (κ1) is 17.0. The number of nitrogens with one attached hydrogen (secondary N) is 1. The Hall–Kier alpha value is -2.34. The summed E-state index contributed by atoms with van der Waals surface area (Å²) in [5.41, 5.74) is 2.05. The minimum Gasteiger partial charge on any atom is -0.492 e. The third-order valence-electron chi connectivity index (χ3n) is 3.69. The van der Waals surface area contributed by atoms with Gasteiger partial charge in [-0.15, -0.1) is 0 Å². The molecular weight excluding hydrogens is 292 g/mol. The van der Waals surface area contributed by atoms with E-state index in [-0.39, 0.29) is 5.91 Å². The van der Waals surface area contributed by atoms with Crippen LogP contribution in [0.5, 0.6) is 5.75 Å². The van der Waals surface area contributed by atoms with Gasteiger partial charge in [-0.25, -0.2) is 0 Å². The fourth-order valence-electron chi connectivity index (χ4n) is 2.29. The van der Waals surface area contributed by atoms with Crippen LogP contribution in [0.2, 0.25) is 0 Å². The number of aromatic nitrogens is 2. The topological polar surface area (TPSA) is 59.4 Å². The van der Waals surface area contributed by atoms with E-state index < -0.39 is 6.04 Å². The van der Waals surface area contributed by atoms with Crippen LogP contribution in [0.1, 0.15) is 17.2 Å². The minimum absolute atomic E-state index is 0.00648. The molecule has 0 saturated carbocycles. The second kappa shape index (κ2) is 7.78. The number of ether oxygens (including phenoxy) is 1. The average Bonchev–Trinajstić information content (AvgIpc) is 2.96. The van der Waals surface area contributed by atoms with E-state index in [1.165, 1.54) is 5.56 Å². The van der Waals surface area contributed by atoms with Gasteiger partial charge in [0.05, 0.1) is 12.7 Å². The van der Waals surface area contributed by atoms with Crippen LogP contribution in [0.4, 0.5) is 0 Å². The smallest absolute Gasteiger partial charge is 0.244 e. The largest absolute Gasteiger partial charge is 0.492 e. The van der Waals surface area contributed by atoms with Gasteiger partial charge in [0.15, 0.2) is 0 Å². The highest BCUT2D eigenvalue weighted by Gasteiger charge is 2.23. The van der Waals surface area contributed by atoms with Crippen molar-refractivity contribution in [3.8, 4) is 5.75 Å². The second-order valence-corrected chi connectivity index (χ2v) is 5.59. The summed E-state index contributed by atoms with van der Waals surface area (Å²) in [6.07, 6.45) is 3.55. The van der Waals surface area contributed by atoms with E-state index in [1.807, 2.05) is 44.4 Å². The Balaban J connectivity index is 1.87. The molecule has 1 heterocycles. The van der Waals surface area contributed by atoms with Crippen molar-refractivity contribution >= 4 is 5.91 Å². The van der Waals surface area contributed by atoms with Crippen LogP contribution in [0.25, 0.3) is 0 Å². The SMILES string of the molecule is CNC(C(=O)N(C)CCOc1ccc(C)cc1)c1cnn(C)c1. The average molecular weight is 316 g/mol. The minimum atomic E-state index is -0.395. The number of carbonyl (C=O) groups excluding carboxylic acids is 1. The number of benzene rings is 1. The van der Waals surface area contributed by atoms with Gasteiger partial charge in [0.2, 0.25) is 5.91 Å². The van der Waals surface area contributed by atoms with E-state index in [0.717, 1.165) is 11.3 Å². The Labute approximate surface area is 137 Å². The van der Waals surface area contributed by atoms with Gasteiger partial charge in [0, 0.05) is 25.9 Å². The molecule has 0 aliphatic carbocycles. The maximum atomic E-state index is 12.5. The molecule has 0 radical (unpaired) electrons. The summed E-state index contributed by atoms with van der Waals surface area (Å²) in [7, 11) is 5.38. The third kappa shape index (κ3) is 4.56. The highest BCUT2D eigenvalue weighted by atomic mass is 16.5. The molecule has 1 aromatic carbocycles. The summed E-state index contributed by atoms with van der Waals surface area (Å²) in [4.78, 5) is 14.2. The number of likely N-dealkylation sites (N-methyl/N-ethyl adjacent to an activating group) is 2. The molecule has 0 fully saturated rings. The highest BCUT2D eigenvalue weighted by Crippen LogP contribution is 2.14. The normalized spacial score (nSPS) is 12.0. The van der Waals surface area contributed by atoms with Crippen molar-refractivity contribution in [3.05, 3.63) is 47.8 Å². The fourth-order valence-corrected chi connectivity index (χ4v) is 2.29. The zero-order valence-electron chi connectivity index (χ0n) is 14.1. The third-order valence-corrected chi connectivity index (χ3v) is 3.69. The summed E-state index contributed by atoms with van der Waals surface area (Å²) >= 11 is 0. The van der Waals surface area contributed by atoms with Crippen molar-refractivity contribution in [2.75, 3.05) is 27.2 Å². The lowest BCUT2D eigenvalue weighted by molar-refractivity contribution is -0.132. The van der Waals surface area contributed by atoms with Gasteiger partial charge in [-0.3, -0.25) is 9.48 Å². The van der Waals surface area contributed by atoms with Gasteiger partial charge in [-0.2, -0.15) is 5.10 Å². The van der Waals surface area contributed by atoms with Crippen LogP contribution in [0.3, 0.4) is 0 Å². The number of hydrogen-bond acceptors (Lipinski definition) is 4. The maximum absolute atomic E-state index is 12.5. The van der Waals surface area contributed by atoms with E-state index >= 15 is 0 Å². The van der Waals surface area contributed by atoms with Gasteiger partial charge in [-0.05, 0) is 26.1 Å². The molecule has 6 heteroatoms. The first-order chi connectivity index (χ1) is 11.0. The Morgan fingerprint density at radius 2 is 2.09 bits per heavy atom. The Morgan fingerprint density at radius 1 is 1.39 bits per heavy atom. The van der Waals surface area contributed by atoms with Crippen molar-refractivity contribution in [2.24, 2.45) is 7.05 Å². The molecule has 6 nitrogen and oxygen atoms in total. The first-order valence-electron chi connectivity index (χ1n) is 7.61. The molecule has 1 aromatic heterocycles. The molecule has 0 aliphatic heterocycles. The highest BCUT2D eigenvalue weighted by molar-refractivity contribution is 5.82. The van der Waals surface area contributed by atoms with E-state index in [2.05, 4.69) is 10.4 Å². The van der Waals surface area contributed by atoms with Crippen LogP contribution < -0.4 is 10.1 Å². The molecule has 1 N–H and O–H groups in total. The number of rotatable bonds is 7. The van der Waals surface area contributed by atoms with Crippen molar-refractivity contribution in [2.45, 2.75) is 13.0 Å². The van der Waals surface area contributed by atoms with E-state index in [9.17, 15) is 4.79 Å². The van der Waals surface area contributed by atoms with Crippen LogP contribution in [0, 0.1) is 6.92 Å². The molecule has 2 rings (SSSR count). The predicted octanol–water partition coefficient (Wildman–Crippen LogP) is 1.53. The number of hydrogen-bond donors (Lipinski definition) is 1. The van der Waals surface area contributed by atoms with Gasteiger partial charge in [-0.1, -0.05) is 17.7 Å². The molecule has 0 aliphatic rings. The second-order valence-electron chi connectivity index (χ2n) is 5.59. The van der Waals surface area contributed by atoms with Crippen LogP contribution in [0.15, 0.2) is 36.7 Å². The standard InChI is InChI=1S/C17H24N4O2/c1-13-5-7-15(8-6-13)23-10-9-20(3)17(22)16(18-2)14-11-19-21(4)12-14/h5-8,11-12,16,18H,9-10H2,1-4H3. The van der Waals surface area contributed by atoms with E-state index in [4.69, 9.17) is 4.74 Å². The van der Waals surface area contributed by atoms with Crippen molar-refractivity contribution in [3.63, 3.8) is 0 Å². The van der Waals surface area contributed by atoms with Crippen molar-refractivity contribution < 1.29 is 9.53 Å². The maximum Gasteiger partial charge on any atom is 0.244 e. The number of amides is 1. The quantitative estimate of drug-likeness (QED) is 0.841. The molecule has 1 amide bonds. The molecule has 0 saturated heterocycles. The van der Waals surface area contributed by atoms with Crippen LogP contribution in [-0.4, -0.2) is 47.8 Å². The summed E-state index contributed by atoms with van der Waals surface area (Å²) in [6, 6.07) is 7.48. The van der Waals surface area contributed by atoms with Gasteiger partial charge < -0.3 is 15.0 Å². The number of carbonyl (C=O) groups is 1. The lowest BCUT2D eigenvalue weighted by Crippen LogP contribution is -2.39. The Morgan fingerprint density at radius 3 is 2.65 bits per heavy atom. The zero-order chi connectivity index (χ0) is 16.8. The lowest BCUT2D eigenvalue weighted by atomic mass is 10.1. The molecular formula is C17H24N4O2. The van der Waals surface area contributed by atoms with Gasteiger partial charge in [0.1, 0.15) is 18.4 Å². The molecule has 0 bridgehead atoms. The zero-order valence-corrected chi connectivity index (χ0v) is 14.1. The molecule has 0 spiro atoms. The summed E-state index contributed by atoms with van der Waals surface area (Å²) in [5, 5.41) is 7.16. The van der Waals surface area contributed by atoms with Crippen molar-refractivity contribution in [1.29, 1.82) is 0 Å². The first-order valence-corrected chi connectivity index (χ1v) is 7.61. The molecule has 1 atom stereocenters. The lowest BCUT2D eigenvalue weighted by Gasteiger charge is -2.23. The summed E-state index contributed by atoms with van der Waals surface area (Å²) in [5.74, 6) is 0.807. The molecule has 23 heavy (non-hydrogen) atoms. The van der Waals surface area contributed by atoms with E-state index in [1.54, 1.807) is 29.9 Å². The number of aryl methyl sites for hydroxylation is 2. The predicted molar refractivity (Wildman–Crippen MR) is 89.3 cm³/mol. The fraction of sp³-hybridized carbons (Fsp3) is 0.412. The van der Waals surface area contributed by atoms with Crippen LogP contribution >= 0.6 is 0 Å². The number of nitrogens with zero attached hydrogens (tertiary/aromatic N) is 3. The van der Waals surface area contributed by atoms with Crippen LogP contribution in [-0.2, 0) is 11.8 Å². The Kier molecular flexibility index (Phi) is 5.76. The van der Waals surface area contributed by atoms with E-state index in [0.29, 0.717) is 13.2 Å². The Bertz CT molecular complexity index is 636. The summed E-state index contributed by atoms with van der Waals surface area (Å²) in [6.45, 7) is 3.01. The molecule has 1 unspecified atom stereocenters. The monoisotopic (exact) mass is 316 g/mol. The van der Waals surface area contributed by atoms with Crippen molar-refractivity contribution in [1.82, 2.24) is 20.0 Å². The van der Waals surface area contributed by atoms with Gasteiger partial charge in [0.25, 0.3) is 0 Å².